The molecular formula is C14H12F3N3O. The van der Waals surface area contributed by atoms with Crippen molar-refractivity contribution < 1.29 is 18.3 Å². The number of hydrogen-bond acceptors (Lipinski definition) is 4. The lowest BCUT2D eigenvalue weighted by atomic mass is 9.85. The summed E-state index contributed by atoms with van der Waals surface area (Å²) in [5.41, 5.74) is 1.25. The van der Waals surface area contributed by atoms with Gasteiger partial charge in [-0.25, -0.2) is 4.98 Å². The van der Waals surface area contributed by atoms with Crippen LogP contribution in [-0.2, 0) is 5.60 Å². The predicted molar refractivity (Wildman–Crippen MR) is 70.1 cm³/mol. The number of hydrogen-bond donors (Lipinski definition) is 2. The van der Waals surface area contributed by atoms with Crippen LogP contribution in [0.4, 0.5) is 13.2 Å². The average Bonchev–Trinajstić information content (AvgIpc) is 2.43. The maximum atomic E-state index is 13.3. The zero-order valence-corrected chi connectivity index (χ0v) is 11.0. The number of nitriles is 1. The van der Waals surface area contributed by atoms with E-state index >= 15 is 0 Å². The summed E-state index contributed by atoms with van der Waals surface area (Å²) in [7, 11) is 0. The fourth-order valence-electron chi connectivity index (χ4n) is 2.15. The van der Waals surface area contributed by atoms with Gasteiger partial charge in [-0.15, -0.1) is 0 Å². The van der Waals surface area contributed by atoms with E-state index < -0.39 is 29.1 Å². The van der Waals surface area contributed by atoms with Gasteiger partial charge < -0.3 is 10.8 Å². The molecule has 1 aromatic heterocycles. The Hall–Kier alpha value is -2.17. The number of rotatable bonds is 2. The zero-order chi connectivity index (χ0) is 15.8. The Morgan fingerprint density at radius 3 is 2.48 bits per heavy atom. The summed E-state index contributed by atoms with van der Waals surface area (Å²) in [6.07, 6.45) is -5.03. The number of aliphatic hydroxyl groups is 1. The van der Waals surface area contributed by atoms with Gasteiger partial charge in [-0.1, -0.05) is 18.2 Å². The van der Waals surface area contributed by atoms with Crippen molar-refractivity contribution in [2.45, 2.75) is 24.7 Å². The molecule has 0 spiro atoms. The second-order valence-corrected chi connectivity index (χ2v) is 4.74. The summed E-state index contributed by atoms with van der Waals surface area (Å²) in [5, 5.41) is 19.6. The molecule has 0 saturated heterocycles. The lowest BCUT2D eigenvalue weighted by Crippen LogP contribution is -2.54. The molecule has 2 unspecified atom stereocenters. The van der Waals surface area contributed by atoms with E-state index in [4.69, 9.17) is 11.0 Å². The first-order valence-electron chi connectivity index (χ1n) is 6.07. The maximum Gasteiger partial charge on any atom is 0.423 e. The normalized spacial score (nSPS) is 16.2. The number of alkyl halides is 3. The van der Waals surface area contributed by atoms with E-state index in [0.717, 1.165) is 13.0 Å². The van der Waals surface area contributed by atoms with Gasteiger partial charge in [0.1, 0.15) is 11.8 Å². The van der Waals surface area contributed by atoms with E-state index in [1.165, 1.54) is 0 Å². The summed E-state index contributed by atoms with van der Waals surface area (Å²) in [4.78, 5) is 3.88. The minimum atomic E-state index is -5.03. The third kappa shape index (κ3) is 2.33. The van der Waals surface area contributed by atoms with Gasteiger partial charge in [-0.3, -0.25) is 0 Å². The summed E-state index contributed by atoms with van der Waals surface area (Å²) >= 11 is 0. The topological polar surface area (TPSA) is 82.9 Å². The van der Waals surface area contributed by atoms with Crippen molar-refractivity contribution in [3.63, 3.8) is 0 Å². The molecule has 7 heteroatoms. The quantitative estimate of drug-likeness (QED) is 0.889. The number of aromatic nitrogens is 1. The number of nitrogens with zero attached hydrogens (tertiary/aromatic N) is 2. The van der Waals surface area contributed by atoms with Crippen LogP contribution in [0.5, 0.6) is 0 Å². The molecule has 0 fully saturated rings. The molecule has 0 aliphatic heterocycles. The molecule has 2 atom stereocenters. The van der Waals surface area contributed by atoms with Crippen LogP contribution in [0.15, 0.2) is 30.3 Å². The Kier molecular flexibility index (Phi) is 3.61. The maximum absolute atomic E-state index is 13.3. The van der Waals surface area contributed by atoms with Gasteiger partial charge >= 0.3 is 6.18 Å². The molecule has 21 heavy (non-hydrogen) atoms. The lowest BCUT2D eigenvalue weighted by molar-refractivity contribution is -0.273. The minimum Gasteiger partial charge on any atom is -0.375 e. The number of para-hydroxylation sites is 1. The van der Waals surface area contributed by atoms with Crippen LogP contribution in [0.2, 0.25) is 0 Å². The highest BCUT2D eigenvalue weighted by Crippen LogP contribution is 2.42. The smallest absolute Gasteiger partial charge is 0.375 e. The van der Waals surface area contributed by atoms with Crippen molar-refractivity contribution in [2.24, 2.45) is 5.73 Å². The van der Waals surface area contributed by atoms with Gasteiger partial charge in [0.25, 0.3) is 0 Å². The largest absolute Gasteiger partial charge is 0.423 e. The van der Waals surface area contributed by atoms with Gasteiger partial charge in [-0.2, -0.15) is 18.4 Å². The third-order valence-corrected chi connectivity index (χ3v) is 3.33. The van der Waals surface area contributed by atoms with E-state index in [2.05, 4.69) is 4.98 Å². The van der Waals surface area contributed by atoms with Gasteiger partial charge in [-0.05, 0) is 19.1 Å². The van der Waals surface area contributed by atoms with Crippen LogP contribution in [0.3, 0.4) is 0 Å². The Labute approximate surface area is 118 Å². The SMILES string of the molecule is CC(N)C(O)(c1cc2ccccc2nc1C#N)C(F)(F)F. The van der Waals surface area contributed by atoms with Crippen LogP contribution in [0, 0.1) is 11.3 Å². The lowest BCUT2D eigenvalue weighted by Gasteiger charge is -2.34. The molecule has 3 N–H and O–H groups in total. The van der Waals surface area contributed by atoms with E-state index in [1.807, 2.05) is 0 Å². The fraction of sp³-hybridized carbons (Fsp3) is 0.286. The van der Waals surface area contributed by atoms with Crippen LogP contribution in [-0.4, -0.2) is 22.3 Å². The molecule has 0 amide bonds. The van der Waals surface area contributed by atoms with Crippen molar-refractivity contribution in [3.8, 4) is 6.07 Å². The molecule has 4 nitrogen and oxygen atoms in total. The first kappa shape index (κ1) is 15.2. The predicted octanol–water partition coefficient (Wildman–Crippen LogP) is 2.20. The Bertz CT molecular complexity index is 721. The molecule has 2 rings (SSSR count). The fourth-order valence-corrected chi connectivity index (χ4v) is 2.15. The van der Waals surface area contributed by atoms with Crippen molar-refractivity contribution in [2.75, 3.05) is 0 Å². The van der Waals surface area contributed by atoms with Crippen LogP contribution >= 0.6 is 0 Å². The summed E-state index contributed by atoms with van der Waals surface area (Å²) in [6, 6.07) is 7.43. The molecule has 1 aromatic carbocycles. The highest BCUT2D eigenvalue weighted by Gasteiger charge is 2.58. The number of fused-ring (bicyclic) bond motifs is 1. The van der Waals surface area contributed by atoms with Gasteiger partial charge in [0.15, 0.2) is 0 Å². The number of pyridine rings is 1. The molecule has 0 aliphatic carbocycles. The standard InChI is InChI=1S/C14H12F3N3O/c1-8(19)13(21,14(15,16)17)10-6-9-4-2-3-5-11(9)20-12(10)7-18/h2-6,8,21H,19H2,1H3. The van der Waals surface area contributed by atoms with Gasteiger partial charge in [0.2, 0.25) is 5.60 Å². The Morgan fingerprint density at radius 2 is 1.95 bits per heavy atom. The summed E-state index contributed by atoms with van der Waals surface area (Å²) < 4.78 is 39.9. The first-order chi connectivity index (χ1) is 9.71. The molecule has 0 bridgehead atoms. The number of benzene rings is 1. The highest BCUT2D eigenvalue weighted by molar-refractivity contribution is 5.80. The highest BCUT2D eigenvalue weighted by atomic mass is 19.4. The van der Waals surface area contributed by atoms with E-state index in [-0.39, 0.29) is 0 Å². The van der Waals surface area contributed by atoms with Crippen molar-refractivity contribution in [1.29, 1.82) is 5.26 Å². The van der Waals surface area contributed by atoms with E-state index in [9.17, 15) is 18.3 Å². The Morgan fingerprint density at radius 1 is 1.33 bits per heavy atom. The van der Waals surface area contributed by atoms with Crippen molar-refractivity contribution in [3.05, 3.63) is 41.6 Å². The molecule has 2 aromatic rings. The van der Waals surface area contributed by atoms with Crippen molar-refractivity contribution in [1.82, 2.24) is 4.98 Å². The number of halogens is 3. The van der Waals surface area contributed by atoms with E-state index in [1.54, 1.807) is 30.3 Å². The van der Waals surface area contributed by atoms with E-state index in [0.29, 0.717) is 10.9 Å². The second kappa shape index (κ2) is 4.98. The van der Waals surface area contributed by atoms with Crippen LogP contribution in [0.25, 0.3) is 10.9 Å². The first-order valence-corrected chi connectivity index (χ1v) is 6.07. The summed E-state index contributed by atoms with van der Waals surface area (Å²) in [6.45, 7) is 1.03. The van der Waals surface area contributed by atoms with Crippen molar-refractivity contribution >= 4 is 10.9 Å². The molecular weight excluding hydrogens is 283 g/mol. The van der Waals surface area contributed by atoms with Crippen LogP contribution < -0.4 is 5.73 Å². The molecule has 110 valence electrons. The van der Waals surface area contributed by atoms with Gasteiger partial charge in [0.05, 0.1) is 5.52 Å². The Balaban J connectivity index is 2.83. The monoisotopic (exact) mass is 295 g/mol. The molecule has 0 aliphatic rings. The minimum absolute atomic E-state index is 0.368. The summed E-state index contributed by atoms with van der Waals surface area (Å²) in [5.74, 6) is 0. The molecule has 0 radical (unpaired) electrons. The number of nitrogens with two attached hydrogens (primary N) is 1. The van der Waals surface area contributed by atoms with Gasteiger partial charge in [0, 0.05) is 17.0 Å². The second-order valence-electron chi connectivity index (χ2n) is 4.74. The molecule has 1 heterocycles. The third-order valence-electron chi connectivity index (χ3n) is 3.33. The van der Waals surface area contributed by atoms with Crippen LogP contribution in [0.1, 0.15) is 18.2 Å². The molecule has 0 saturated carbocycles. The average molecular weight is 295 g/mol. The zero-order valence-electron chi connectivity index (χ0n) is 11.0.